The van der Waals surface area contributed by atoms with E-state index in [0.717, 1.165) is 6.42 Å². The fraction of sp³-hybridized carbons (Fsp3) is 0.357. The second-order valence-corrected chi connectivity index (χ2v) is 4.47. The third-order valence-corrected chi connectivity index (χ3v) is 2.98. The molecule has 0 aliphatic carbocycles. The summed E-state index contributed by atoms with van der Waals surface area (Å²) in [7, 11) is 1.63. The van der Waals surface area contributed by atoms with E-state index in [2.05, 4.69) is 10.3 Å². The van der Waals surface area contributed by atoms with Crippen LogP contribution in [0.25, 0.3) is 0 Å². The van der Waals surface area contributed by atoms with Crippen LogP contribution in [-0.4, -0.2) is 23.3 Å². The van der Waals surface area contributed by atoms with Gasteiger partial charge in [-0.25, -0.2) is 13.8 Å². The third kappa shape index (κ3) is 3.14. The van der Waals surface area contributed by atoms with Crippen LogP contribution >= 0.6 is 0 Å². The second kappa shape index (κ2) is 6.47. The topological polar surface area (TPSA) is 39.1 Å². The van der Waals surface area contributed by atoms with Crippen LogP contribution < -0.4 is 5.32 Å². The van der Waals surface area contributed by atoms with Crippen LogP contribution in [0.15, 0.2) is 24.5 Å². The number of aryl methyl sites for hydroxylation is 2. The zero-order chi connectivity index (χ0) is 14.5. The summed E-state index contributed by atoms with van der Waals surface area (Å²) >= 11 is 0. The van der Waals surface area contributed by atoms with E-state index in [-0.39, 0.29) is 5.69 Å². The quantitative estimate of drug-likeness (QED) is 0.826. The molecule has 0 spiro atoms. The zero-order valence-corrected chi connectivity index (χ0v) is 11.5. The van der Waals surface area contributed by atoms with Crippen molar-refractivity contribution in [2.45, 2.75) is 19.9 Å². The molecule has 0 aliphatic rings. The Morgan fingerprint density at radius 2 is 2.15 bits per heavy atom. The Morgan fingerprint density at radius 3 is 2.90 bits per heavy atom. The van der Waals surface area contributed by atoms with Crippen molar-refractivity contribution in [1.29, 1.82) is 0 Å². The molecule has 0 amide bonds. The Labute approximate surface area is 116 Å². The second-order valence-electron chi connectivity index (χ2n) is 4.47. The van der Waals surface area contributed by atoms with Crippen molar-refractivity contribution >= 4 is 11.6 Å². The van der Waals surface area contributed by atoms with E-state index in [1.807, 2.05) is 0 Å². The lowest BCUT2D eigenvalue weighted by Crippen LogP contribution is -2.07. The SMILES string of the molecule is COCCCn1ccnc1Nc1c(F)ccc(C)c1F. The Hall–Kier alpha value is -1.95. The van der Waals surface area contributed by atoms with Gasteiger partial charge >= 0.3 is 0 Å². The lowest BCUT2D eigenvalue weighted by molar-refractivity contribution is 0.190. The molecule has 20 heavy (non-hydrogen) atoms. The first-order valence-corrected chi connectivity index (χ1v) is 6.35. The van der Waals surface area contributed by atoms with E-state index in [1.165, 1.54) is 12.1 Å². The molecule has 0 radical (unpaired) electrons. The summed E-state index contributed by atoms with van der Waals surface area (Å²) in [5.41, 5.74) is 0.204. The number of anilines is 2. The van der Waals surface area contributed by atoms with Crippen LogP contribution in [0.1, 0.15) is 12.0 Å². The third-order valence-electron chi connectivity index (χ3n) is 2.98. The Kier molecular flexibility index (Phi) is 4.68. The van der Waals surface area contributed by atoms with Crippen LogP contribution in [0.3, 0.4) is 0 Å². The van der Waals surface area contributed by atoms with Gasteiger partial charge in [0.25, 0.3) is 0 Å². The molecule has 1 heterocycles. The van der Waals surface area contributed by atoms with Gasteiger partial charge in [0.05, 0.1) is 0 Å². The van der Waals surface area contributed by atoms with E-state index in [0.29, 0.717) is 24.7 Å². The Bertz CT molecular complexity index is 584. The van der Waals surface area contributed by atoms with Crippen molar-refractivity contribution in [3.8, 4) is 0 Å². The van der Waals surface area contributed by atoms with Gasteiger partial charge in [-0.1, -0.05) is 6.07 Å². The van der Waals surface area contributed by atoms with Crippen LogP contribution in [0.4, 0.5) is 20.4 Å². The molecule has 2 aromatic rings. The highest BCUT2D eigenvalue weighted by atomic mass is 19.1. The van der Waals surface area contributed by atoms with Gasteiger partial charge < -0.3 is 14.6 Å². The number of imidazole rings is 1. The molecule has 0 aliphatic heterocycles. The number of rotatable bonds is 6. The van der Waals surface area contributed by atoms with E-state index in [1.54, 1.807) is 31.0 Å². The van der Waals surface area contributed by atoms with Gasteiger partial charge in [0.15, 0.2) is 5.82 Å². The van der Waals surface area contributed by atoms with Crippen molar-refractivity contribution in [2.75, 3.05) is 19.0 Å². The van der Waals surface area contributed by atoms with Crippen molar-refractivity contribution in [1.82, 2.24) is 9.55 Å². The lowest BCUT2D eigenvalue weighted by Gasteiger charge is -2.12. The van der Waals surface area contributed by atoms with E-state index in [9.17, 15) is 8.78 Å². The molecule has 0 saturated carbocycles. The van der Waals surface area contributed by atoms with Crippen molar-refractivity contribution in [3.63, 3.8) is 0 Å². The molecule has 0 atom stereocenters. The van der Waals surface area contributed by atoms with Crippen LogP contribution in [-0.2, 0) is 11.3 Å². The molecule has 108 valence electrons. The molecule has 0 bridgehead atoms. The van der Waals surface area contributed by atoms with Crippen molar-refractivity contribution in [2.24, 2.45) is 0 Å². The first-order valence-electron chi connectivity index (χ1n) is 6.35. The van der Waals surface area contributed by atoms with Gasteiger partial charge in [0.2, 0.25) is 5.95 Å². The predicted molar refractivity (Wildman–Crippen MR) is 73.1 cm³/mol. The van der Waals surface area contributed by atoms with E-state index < -0.39 is 11.6 Å². The highest BCUT2D eigenvalue weighted by Gasteiger charge is 2.13. The first-order chi connectivity index (χ1) is 9.63. The minimum atomic E-state index is -0.639. The van der Waals surface area contributed by atoms with Gasteiger partial charge in [-0.05, 0) is 25.0 Å². The smallest absolute Gasteiger partial charge is 0.207 e. The number of methoxy groups -OCH3 is 1. The average molecular weight is 281 g/mol. The molecular weight excluding hydrogens is 264 g/mol. The maximum Gasteiger partial charge on any atom is 0.207 e. The van der Waals surface area contributed by atoms with E-state index in [4.69, 9.17) is 4.74 Å². The number of benzene rings is 1. The predicted octanol–water partition coefficient (Wildman–Crippen LogP) is 3.25. The molecule has 1 N–H and O–H groups in total. The largest absolute Gasteiger partial charge is 0.385 e. The summed E-state index contributed by atoms with van der Waals surface area (Å²) in [6.45, 7) is 2.86. The van der Waals surface area contributed by atoms with Crippen LogP contribution in [0.2, 0.25) is 0 Å². The maximum atomic E-state index is 13.9. The summed E-state index contributed by atoms with van der Waals surface area (Å²) in [5.74, 6) is -0.833. The normalized spacial score (nSPS) is 10.8. The lowest BCUT2D eigenvalue weighted by atomic mass is 10.2. The zero-order valence-electron chi connectivity index (χ0n) is 11.5. The minimum absolute atomic E-state index is 0.177. The highest BCUT2D eigenvalue weighted by molar-refractivity contribution is 5.57. The van der Waals surface area contributed by atoms with Gasteiger partial charge in [-0.3, -0.25) is 0 Å². The summed E-state index contributed by atoms with van der Waals surface area (Å²) in [6.07, 6.45) is 4.13. The molecule has 0 saturated heterocycles. The number of halogens is 2. The van der Waals surface area contributed by atoms with E-state index >= 15 is 0 Å². The number of hydrogen-bond acceptors (Lipinski definition) is 3. The monoisotopic (exact) mass is 281 g/mol. The van der Waals surface area contributed by atoms with Gasteiger partial charge in [0.1, 0.15) is 11.5 Å². The molecule has 0 fully saturated rings. The summed E-state index contributed by atoms with van der Waals surface area (Å²) in [4.78, 5) is 4.08. The number of aromatic nitrogens is 2. The number of nitrogens with one attached hydrogen (secondary N) is 1. The number of nitrogens with zero attached hydrogens (tertiary/aromatic N) is 2. The maximum absolute atomic E-state index is 13.9. The summed E-state index contributed by atoms with van der Waals surface area (Å²) in [5, 5.41) is 2.72. The molecule has 0 unspecified atom stereocenters. The average Bonchev–Trinajstić information content (AvgIpc) is 2.87. The fourth-order valence-corrected chi connectivity index (χ4v) is 1.88. The summed E-state index contributed by atoms with van der Waals surface area (Å²) < 4.78 is 34.4. The molecule has 6 heteroatoms. The van der Waals surface area contributed by atoms with Crippen LogP contribution in [0.5, 0.6) is 0 Å². The molecule has 2 rings (SSSR count). The first kappa shape index (κ1) is 14.5. The highest BCUT2D eigenvalue weighted by Crippen LogP contribution is 2.24. The molecule has 1 aromatic heterocycles. The molecular formula is C14H17F2N3O. The molecule has 4 nitrogen and oxygen atoms in total. The van der Waals surface area contributed by atoms with Crippen molar-refractivity contribution in [3.05, 3.63) is 41.7 Å². The van der Waals surface area contributed by atoms with Gasteiger partial charge in [0, 0.05) is 32.7 Å². The number of hydrogen-bond donors (Lipinski definition) is 1. The standard InChI is InChI=1S/C14H17F2N3O/c1-10-4-5-11(15)13(12(10)16)18-14-17-6-8-19(14)7-3-9-20-2/h4-6,8H,3,7,9H2,1-2H3,(H,17,18). The minimum Gasteiger partial charge on any atom is -0.385 e. The number of ether oxygens (including phenoxy) is 1. The van der Waals surface area contributed by atoms with Gasteiger partial charge in [-0.2, -0.15) is 0 Å². The van der Waals surface area contributed by atoms with Gasteiger partial charge in [-0.15, -0.1) is 0 Å². The fourth-order valence-electron chi connectivity index (χ4n) is 1.88. The Balaban J connectivity index is 2.19. The molecule has 1 aromatic carbocycles. The Morgan fingerprint density at radius 1 is 1.35 bits per heavy atom. The summed E-state index contributed by atoms with van der Waals surface area (Å²) in [6, 6.07) is 2.64. The van der Waals surface area contributed by atoms with Crippen LogP contribution in [0, 0.1) is 18.6 Å². The van der Waals surface area contributed by atoms with Crippen molar-refractivity contribution < 1.29 is 13.5 Å².